The molecule has 0 radical (unpaired) electrons. The summed E-state index contributed by atoms with van der Waals surface area (Å²) in [6.45, 7) is 1.81. The van der Waals surface area contributed by atoms with Gasteiger partial charge < -0.3 is 28.8 Å². The average Bonchev–Trinajstić information content (AvgIpc) is 3.04. The Bertz CT molecular complexity index is 1750. The number of likely N-dealkylation sites (N-methyl/N-ethyl adjacent to an activating group) is 2. The molecule has 0 saturated heterocycles. The fourth-order valence-electron chi connectivity index (χ4n) is 7.16. The van der Waals surface area contributed by atoms with Crippen LogP contribution in [0.1, 0.15) is 45.5 Å². The number of aromatic hydroxyl groups is 1. The molecule has 234 valence electrons. The quantitative estimate of drug-likeness (QED) is 0.271. The number of hydrogen-bond acceptors (Lipinski definition) is 8. The maximum atomic E-state index is 10.8. The van der Waals surface area contributed by atoms with Crippen molar-refractivity contribution in [3.8, 4) is 46.0 Å². The van der Waals surface area contributed by atoms with Crippen LogP contribution in [0, 0.1) is 0 Å². The van der Waals surface area contributed by atoms with Gasteiger partial charge in [-0.1, -0.05) is 18.2 Å². The van der Waals surface area contributed by atoms with Gasteiger partial charge >= 0.3 is 0 Å². The van der Waals surface area contributed by atoms with Crippen molar-refractivity contribution >= 4 is 0 Å². The summed E-state index contributed by atoms with van der Waals surface area (Å²) in [5.74, 6) is 4.39. The third-order valence-corrected chi connectivity index (χ3v) is 9.62. The second-order valence-electron chi connectivity index (χ2n) is 12.3. The van der Waals surface area contributed by atoms with E-state index in [2.05, 4.69) is 54.2 Å². The summed E-state index contributed by atoms with van der Waals surface area (Å²) >= 11 is 0. The Balaban J connectivity index is 1.48. The zero-order valence-electron chi connectivity index (χ0n) is 26.6. The SMILES string of the molecule is COc1cc2c3cc1Oc1c(OC)c(OC)cc4c1[C@H](Cc1ccc(O)c(c1)Oc1cccc(c1)C[C@@H]3N(C)CC2)N(C)CC4. The van der Waals surface area contributed by atoms with Gasteiger partial charge in [0, 0.05) is 30.7 Å². The average molecular weight is 609 g/mol. The van der Waals surface area contributed by atoms with Crippen molar-refractivity contribution in [2.24, 2.45) is 0 Å². The molecule has 0 fully saturated rings. The van der Waals surface area contributed by atoms with Crippen LogP contribution in [0.4, 0.5) is 0 Å². The van der Waals surface area contributed by atoms with Crippen LogP contribution in [0.5, 0.6) is 46.0 Å². The molecule has 3 aliphatic rings. The number of ether oxygens (including phenoxy) is 5. The Morgan fingerprint density at radius 1 is 0.711 bits per heavy atom. The van der Waals surface area contributed by atoms with Crippen molar-refractivity contribution < 1.29 is 28.8 Å². The molecular weight excluding hydrogens is 568 g/mol. The van der Waals surface area contributed by atoms with Crippen LogP contribution in [-0.2, 0) is 25.7 Å². The van der Waals surface area contributed by atoms with Crippen LogP contribution in [0.25, 0.3) is 0 Å². The molecule has 0 unspecified atom stereocenters. The van der Waals surface area contributed by atoms with Gasteiger partial charge in [0.25, 0.3) is 0 Å². The van der Waals surface area contributed by atoms with E-state index in [9.17, 15) is 5.11 Å². The molecule has 4 aromatic rings. The molecule has 1 N–H and O–H groups in total. The molecule has 45 heavy (non-hydrogen) atoms. The van der Waals surface area contributed by atoms with Gasteiger partial charge in [-0.15, -0.1) is 0 Å². The van der Waals surface area contributed by atoms with Gasteiger partial charge in [0.1, 0.15) is 5.75 Å². The topological polar surface area (TPSA) is 72.9 Å². The second kappa shape index (κ2) is 11.8. The standard InChI is InChI=1S/C37H40N2O6/c1-38-13-11-24-19-32(41-3)33-21-27(24)28(38)16-22-7-6-8-26(15-22)44-31-18-23(9-10-30(31)40)17-29-35-25(12-14-39(29)2)20-34(42-4)36(43-5)37(35)45-33/h6-10,15,18-21,28-29,40H,11-14,16-17H2,1-5H3/t28-,29-/m0/s1. The number of fused-ring (bicyclic) bond motifs is 5. The monoisotopic (exact) mass is 608 g/mol. The fourth-order valence-corrected chi connectivity index (χ4v) is 7.16. The summed E-state index contributed by atoms with van der Waals surface area (Å²) in [7, 11) is 9.32. The van der Waals surface area contributed by atoms with Gasteiger partial charge in [-0.3, -0.25) is 9.80 Å². The molecule has 0 amide bonds. The lowest BCUT2D eigenvalue weighted by molar-refractivity contribution is 0.220. The van der Waals surface area contributed by atoms with Crippen LogP contribution in [0.3, 0.4) is 0 Å². The van der Waals surface area contributed by atoms with E-state index in [0.717, 1.165) is 54.6 Å². The Morgan fingerprint density at radius 2 is 1.42 bits per heavy atom. The summed E-state index contributed by atoms with van der Waals surface area (Å²) < 4.78 is 31.1. The maximum absolute atomic E-state index is 10.8. The molecule has 7 rings (SSSR count). The second-order valence-corrected chi connectivity index (χ2v) is 12.3. The number of hydrogen-bond donors (Lipinski definition) is 1. The zero-order chi connectivity index (χ0) is 31.2. The first-order valence-corrected chi connectivity index (χ1v) is 15.5. The number of methoxy groups -OCH3 is 3. The molecular formula is C37H40N2O6. The third kappa shape index (κ3) is 5.32. The fraction of sp³-hybridized carbons (Fsp3) is 0.351. The molecule has 0 spiro atoms. The first kappa shape index (κ1) is 29.3. The van der Waals surface area contributed by atoms with Crippen molar-refractivity contribution in [1.82, 2.24) is 9.80 Å². The maximum Gasteiger partial charge on any atom is 0.204 e. The van der Waals surface area contributed by atoms with E-state index in [1.54, 1.807) is 27.4 Å². The Labute approximate surface area is 264 Å². The van der Waals surface area contributed by atoms with Crippen LogP contribution in [0.2, 0.25) is 0 Å². The molecule has 3 aliphatic heterocycles. The lowest BCUT2D eigenvalue weighted by atomic mass is 9.87. The van der Waals surface area contributed by atoms with E-state index >= 15 is 0 Å². The van der Waals surface area contributed by atoms with Gasteiger partial charge in [0.05, 0.1) is 21.3 Å². The van der Waals surface area contributed by atoms with E-state index in [-0.39, 0.29) is 17.8 Å². The first-order chi connectivity index (χ1) is 21.9. The molecule has 8 nitrogen and oxygen atoms in total. The zero-order valence-corrected chi connectivity index (χ0v) is 26.6. The predicted octanol–water partition coefficient (Wildman–Crippen LogP) is 6.86. The van der Waals surface area contributed by atoms with Gasteiger partial charge in [-0.2, -0.15) is 0 Å². The van der Waals surface area contributed by atoms with Crippen LogP contribution >= 0.6 is 0 Å². The largest absolute Gasteiger partial charge is 0.504 e. The number of phenols is 1. The smallest absolute Gasteiger partial charge is 0.204 e. The molecule has 0 saturated carbocycles. The van der Waals surface area contributed by atoms with E-state index in [0.29, 0.717) is 46.7 Å². The van der Waals surface area contributed by atoms with Crippen LogP contribution in [-0.4, -0.2) is 63.4 Å². The predicted molar refractivity (Wildman–Crippen MR) is 173 cm³/mol. The van der Waals surface area contributed by atoms with Crippen LogP contribution < -0.4 is 23.7 Å². The highest BCUT2D eigenvalue weighted by Crippen LogP contribution is 2.52. The van der Waals surface area contributed by atoms with Gasteiger partial charge in [0.2, 0.25) is 5.75 Å². The van der Waals surface area contributed by atoms with E-state index in [4.69, 9.17) is 23.7 Å². The van der Waals surface area contributed by atoms with Crippen molar-refractivity contribution in [1.29, 1.82) is 0 Å². The first-order valence-electron chi connectivity index (χ1n) is 15.5. The minimum Gasteiger partial charge on any atom is -0.504 e. The highest BCUT2D eigenvalue weighted by Gasteiger charge is 2.34. The number of phenolic OH excluding ortho intramolecular Hbond substituents is 1. The van der Waals surface area contributed by atoms with Crippen molar-refractivity contribution in [3.63, 3.8) is 0 Å². The summed E-state index contributed by atoms with van der Waals surface area (Å²) in [6.07, 6.45) is 3.21. The molecule has 6 bridgehead atoms. The van der Waals surface area contributed by atoms with Gasteiger partial charge in [-0.05, 0) is 110 Å². The summed E-state index contributed by atoms with van der Waals surface area (Å²) in [5.41, 5.74) is 6.86. The molecule has 0 aromatic heterocycles. The van der Waals surface area contributed by atoms with Crippen molar-refractivity contribution in [3.05, 3.63) is 94.0 Å². The third-order valence-electron chi connectivity index (χ3n) is 9.62. The molecule has 8 heteroatoms. The van der Waals surface area contributed by atoms with E-state index < -0.39 is 0 Å². The lowest BCUT2D eigenvalue weighted by Gasteiger charge is -2.37. The number of rotatable bonds is 3. The minimum absolute atomic E-state index is 0.0394. The van der Waals surface area contributed by atoms with Crippen LogP contribution in [0.15, 0.2) is 60.7 Å². The molecule has 2 atom stereocenters. The van der Waals surface area contributed by atoms with Crippen molar-refractivity contribution in [2.75, 3.05) is 48.5 Å². The summed E-state index contributed by atoms with van der Waals surface area (Å²) in [6, 6.07) is 20.2. The van der Waals surface area contributed by atoms with Gasteiger partial charge in [0.15, 0.2) is 34.5 Å². The van der Waals surface area contributed by atoms with E-state index in [1.807, 2.05) is 24.3 Å². The summed E-state index contributed by atoms with van der Waals surface area (Å²) in [4.78, 5) is 4.75. The Morgan fingerprint density at radius 3 is 2.20 bits per heavy atom. The Hall–Kier alpha value is -4.40. The molecule has 0 aliphatic carbocycles. The minimum atomic E-state index is -0.0394. The molecule has 3 heterocycles. The normalized spacial score (nSPS) is 19.4. The highest BCUT2D eigenvalue weighted by molar-refractivity contribution is 5.64. The van der Waals surface area contributed by atoms with Gasteiger partial charge in [-0.25, -0.2) is 0 Å². The summed E-state index contributed by atoms with van der Waals surface area (Å²) in [5, 5.41) is 10.8. The number of nitrogens with zero attached hydrogens (tertiary/aromatic N) is 2. The van der Waals surface area contributed by atoms with Crippen molar-refractivity contribution in [2.45, 2.75) is 37.8 Å². The lowest BCUT2D eigenvalue weighted by Crippen LogP contribution is -2.34. The number of benzene rings is 4. The highest BCUT2D eigenvalue weighted by atomic mass is 16.5. The molecule has 4 aromatic carbocycles. The van der Waals surface area contributed by atoms with E-state index in [1.165, 1.54) is 11.1 Å². The Kier molecular flexibility index (Phi) is 7.71.